The lowest BCUT2D eigenvalue weighted by atomic mass is 9.92. The number of urea groups is 1. The van der Waals surface area contributed by atoms with Crippen LogP contribution >= 0.6 is 11.3 Å². The van der Waals surface area contributed by atoms with Gasteiger partial charge in [0.15, 0.2) is 0 Å². The predicted molar refractivity (Wildman–Crippen MR) is 128 cm³/mol. The molecule has 1 unspecified atom stereocenters. The van der Waals surface area contributed by atoms with Crippen molar-refractivity contribution in [3.63, 3.8) is 0 Å². The second-order valence-electron chi connectivity index (χ2n) is 8.51. The van der Waals surface area contributed by atoms with Crippen LogP contribution in [0, 0.1) is 5.92 Å². The number of nitrogens with zero attached hydrogens (tertiary/aromatic N) is 1. The fourth-order valence-corrected chi connectivity index (χ4v) is 4.75. The van der Waals surface area contributed by atoms with Crippen molar-refractivity contribution >= 4 is 40.2 Å². The van der Waals surface area contributed by atoms with E-state index >= 15 is 0 Å². The number of imide groups is 1. The van der Waals surface area contributed by atoms with Crippen LogP contribution in [0.5, 0.6) is 5.75 Å². The summed E-state index contributed by atoms with van der Waals surface area (Å²) < 4.78 is 10.3. The van der Waals surface area contributed by atoms with Crippen LogP contribution in [0.15, 0.2) is 29.6 Å². The summed E-state index contributed by atoms with van der Waals surface area (Å²) in [6, 6.07) is 6.09. The Kier molecular flexibility index (Phi) is 7.61. The van der Waals surface area contributed by atoms with E-state index in [1.807, 2.05) is 19.2 Å². The highest BCUT2D eigenvalue weighted by atomic mass is 32.1. The number of rotatable bonds is 9. The molecule has 2 aromatic rings. The molecule has 1 fully saturated rings. The third-order valence-corrected chi connectivity index (χ3v) is 6.42. The molecular formula is C24H29N3O6S. The molecule has 2 N–H and O–H groups in total. The molecule has 0 saturated carbocycles. The number of methoxy groups -OCH3 is 1. The van der Waals surface area contributed by atoms with Gasteiger partial charge in [-0.05, 0) is 54.8 Å². The summed E-state index contributed by atoms with van der Waals surface area (Å²) in [4.78, 5) is 51.9. The smallest absolute Gasteiger partial charge is 0.341 e. The fraction of sp³-hybridized carbons (Fsp3) is 0.417. The number of esters is 1. The first-order valence-electron chi connectivity index (χ1n) is 11.0. The molecule has 2 heterocycles. The number of amides is 4. The lowest BCUT2D eigenvalue weighted by molar-refractivity contribution is -0.133. The minimum atomic E-state index is -1.31. The van der Waals surface area contributed by atoms with Crippen LogP contribution in [0.1, 0.15) is 49.2 Å². The van der Waals surface area contributed by atoms with Crippen molar-refractivity contribution < 1.29 is 28.7 Å². The number of benzene rings is 1. The average Bonchev–Trinajstić information content (AvgIpc) is 3.27. The van der Waals surface area contributed by atoms with Crippen molar-refractivity contribution in [2.24, 2.45) is 5.92 Å². The van der Waals surface area contributed by atoms with Gasteiger partial charge in [0.1, 0.15) is 22.8 Å². The summed E-state index contributed by atoms with van der Waals surface area (Å²) in [5, 5.41) is 7.51. The Balaban J connectivity index is 1.77. The van der Waals surface area contributed by atoms with E-state index in [1.165, 1.54) is 18.4 Å². The normalized spacial score (nSPS) is 17.6. The Bertz CT molecular complexity index is 1090. The number of thiophene rings is 1. The zero-order chi connectivity index (χ0) is 25.0. The number of carbonyl (C=O) groups excluding carboxylic acids is 4. The maximum absolute atomic E-state index is 13.1. The zero-order valence-corrected chi connectivity index (χ0v) is 20.7. The highest BCUT2D eigenvalue weighted by molar-refractivity contribution is 7.15. The van der Waals surface area contributed by atoms with Crippen molar-refractivity contribution in [3.05, 3.63) is 46.3 Å². The molecule has 1 atom stereocenters. The van der Waals surface area contributed by atoms with Crippen molar-refractivity contribution in [1.82, 2.24) is 10.2 Å². The molecule has 1 saturated heterocycles. The Labute approximate surface area is 202 Å². The molecule has 34 heavy (non-hydrogen) atoms. The van der Waals surface area contributed by atoms with Gasteiger partial charge < -0.3 is 20.1 Å². The average molecular weight is 488 g/mol. The molecule has 9 nitrogen and oxygen atoms in total. The van der Waals surface area contributed by atoms with Gasteiger partial charge in [0.25, 0.3) is 5.91 Å². The topological polar surface area (TPSA) is 114 Å². The third kappa shape index (κ3) is 5.06. The Morgan fingerprint density at radius 2 is 1.88 bits per heavy atom. The van der Waals surface area contributed by atoms with Crippen LogP contribution in [-0.4, -0.2) is 49.0 Å². The number of hydrogen-bond acceptors (Lipinski definition) is 7. The van der Waals surface area contributed by atoms with Gasteiger partial charge in [-0.2, -0.15) is 0 Å². The number of ether oxygens (including phenoxy) is 2. The lowest BCUT2D eigenvalue weighted by Gasteiger charge is -2.22. The van der Waals surface area contributed by atoms with E-state index in [4.69, 9.17) is 9.47 Å². The molecule has 4 amide bonds. The van der Waals surface area contributed by atoms with Gasteiger partial charge in [-0.15, -0.1) is 11.3 Å². The van der Waals surface area contributed by atoms with Crippen LogP contribution in [0.4, 0.5) is 9.80 Å². The molecule has 182 valence electrons. The maximum atomic E-state index is 13.1. The summed E-state index contributed by atoms with van der Waals surface area (Å²) in [7, 11) is 1.53. The van der Waals surface area contributed by atoms with Crippen molar-refractivity contribution in [1.29, 1.82) is 0 Å². The molecular weight excluding hydrogens is 458 g/mol. The highest BCUT2D eigenvalue weighted by Crippen LogP contribution is 2.32. The van der Waals surface area contributed by atoms with Crippen molar-refractivity contribution in [2.75, 3.05) is 25.6 Å². The summed E-state index contributed by atoms with van der Waals surface area (Å²) in [6.45, 7) is 7.07. The second-order valence-corrected chi connectivity index (χ2v) is 9.39. The van der Waals surface area contributed by atoms with Gasteiger partial charge in [0, 0.05) is 0 Å². The van der Waals surface area contributed by atoms with Gasteiger partial charge >= 0.3 is 12.0 Å². The largest absolute Gasteiger partial charge is 0.497 e. The van der Waals surface area contributed by atoms with Crippen molar-refractivity contribution in [2.45, 2.75) is 39.7 Å². The fourth-order valence-electron chi connectivity index (χ4n) is 3.77. The Morgan fingerprint density at radius 3 is 2.47 bits per heavy atom. The molecule has 0 bridgehead atoms. The number of carbonyl (C=O) groups is 4. The number of hydrogen-bond donors (Lipinski definition) is 2. The zero-order valence-electron chi connectivity index (χ0n) is 19.9. The molecule has 1 aromatic carbocycles. The summed E-state index contributed by atoms with van der Waals surface area (Å²) >= 11 is 1.21. The number of nitrogens with one attached hydrogen (secondary N) is 2. The van der Waals surface area contributed by atoms with E-state index in [1.54, 1.807) is 38.1 Å². The van der Waals surface area contributed by atoms with Crippen molar-refractivity contribution in [3.8, 4) is 5.75 Å². The predicted octanol–water partition coefficient (Wildman–Crippen LogP) is 3.54. The molecule has 3 rings (SSSR count). The minimum Gasteiger partial charge on any atom is -0.497 e. The lowest BCUT2D eigenvalue weighted by Crippen LogP contribution is -2.42. The number of anilines is 1. The third-order valence-electron chi connectivity index (χ3n) is 5.47. The second kappa shape index (κ2) is 10.3. The molecule has 0 aliphatic carbocycles. The first kappa shape index (κ1) is 25.2. The van der Waals surface area contributed by atoms with Gasteiger partial charge in [-0.1, -0.05) is 26.0 Å². The van der Waals surface area contributed by atoms with Gasteiger partial charge in [-0.3, -0.25) is 14.5 Å². The van der Waals surface area contributed by atoms with E-state index in [2.05, 4.69) is 10.6 Å². The highest BCUT2D eigenvalue weighted by Gasteiger charge is 2.49. The molecule has 10 heteroatoms. The Hall–Kier alpha value is -3.40. The molecule has 0 radical (unpaired) electrons. The summed E-state index contributed by atoms with van der Waals surface area (Å²) in [6.07, 6.45) is 0.647. The van der Waals surface area contributed by atoms with Crippen LogP contribution in [-0.2, 0) is 26.3 Å². The first-order valence-corrected chi connectivity index (χ1v) is 11.8. The molecule has 1 aliphatic heterocycles. The molecule has 0 spiro atoms. The van der Waals surface area contributed by atoms with E-state index in [0.717, 1.165) is 10.5 Å². The van der Waals surface area contributed by atoms with Crippen LogP contribution in [0.2, 0.25) is 0 Å². The summed E-state index contributed by atoms with van der Waals surface area (Å²) in [5.74, 6) is -0.740. The van der Waals surface area contributed by atoms with Crippen LogP contribution in [0.25, 0.3) is 0 Å². The van der Waals surface area contributed by atoms with E-state index < -0.39 is 35.9 Å². The summed E-state index contributed by atoms with van der Waals surface area (Å²) in [5.41, 5.74) is 0.355. The van der Waals surface area contributed by atoms with E-state index in [-0.39, 0.29) is 6.61 Å². The SMILES string of the molecule is CCOC(=O)c1c(CC(C)C)csc1NC(=O)CN1C(=O)NC(C)(c2ccc(OC)cc2)C1=O. The van der Waals surface area contributed by atoms with E-state index in [9.17, 15) is 19.2 Å². The monoisotopic (exact) mass is 487 g/mol. The molecule has 1 aliphatic rings. The standard InChI is InChI=1S/C24H29N3O6S/c1-6-33-21(29)19-15(11-14(2)3)13-34-20(19)25-18(28)12-27-22(30)24(4,26-23(27)31)16-7-9-17(32-5)10-8-16/h7-10,13-14H,6,11-12H2,1-5H3,(H,25,28)(H,26,31). The van der Waals surface area contributed by atoms with E-state index in [0.29, 0.717) is 34.2 Å². The minimum absolute atomic E-state index is 0.204. The van der Waals surface area contributed by atoms with Crippen LogP contribution < -0.4 is 15.4 Å². The Morgan fingerprint density at radius 1 is 1.21 bits per heavy atom. The quantitative estimate of drug-likeness (QED) is 0.413. The van der Waals surface area contributed by atoms with Gasteiger partial charge in [0.2, 0.25) is 5.91 Å². The first-order chi connectivity index (χ1) is 16.1. The van der Waals surface area contributed by atoms with Gasteiger partial charge in [0.05, 0.1) is 19.3 Å². The molecule has 1 aromatic heterocycles. The maximum Gasteiger partial charge on any atom is 0.341 e. The van der Waals surface area contributed by atoms with Gasteiger partial charge in [-0.25, -0.2) is 9.59 Å². The van der Waals surface area contributed by atoms with Crippen LogP contribution in [0.3, 0.4) is 0 Å².